The van der Waals surface area contributed by atoms with E-state index in [9.17, 15) is 9.59 Å². The molecule has 3 aromatic rings. The Morgan fingerprint density at radius 3 is 2.50 bits per heavy atom. The molecule has 5 nitrogen and oxygen atoms in total. The molecule has 2 aromatic heterocycles. The summed E-state index contributed by atoms with van der Waals surface area (Å²) < 4.78 is 6.81. The number of amides is 1. The van der Waals surface area contributed by atoms with Gasteiger partial charge in [0.1, 0.15) is 0 Å². The first kappa shape index (κ1) is 17.9. The number of ether oxygens (including phenoxy) is 1. The van der Waals surface area contributed by atoms with Crippen molar-refractivity contribution >= 4 is 28.9 Å². The van der Waals surface area contributed by atoms with Crippen LogP contribution in [0.4, 0.5) is 5.69 Å². The van der Waals surface area contributed by atoms with Gasteiger partial charge in [0.15, 0.2) is 0 Å². The molecule has 134 valence electrons. The van der Waals surface area contributed by atoms with Gasteiger partial charge in [0.05, 0.1) is 24.8 Å². The lowest BCUT2D eigenvalue weighted by Gasteiger charge is -2.09. The van der Waals surface area contributed by atoms with E-state index in [-0.39, 0.29) is 5.91 Å². The lowest BCUT2D eigenvalue weighted by atomic mass is 10.2. The molecule has 2 heterocycles. The summed E-state index contributed by atoms with van der Waals surface area (Å²) in [6, 6.07) is 12.7. The van der Waals surface area contributed by atoms with Crippen LogP contribution < -0.4 is 5.32 Å². The van der Waals surface area contributed by atoms with E-state index in [2.05, 4.69) is 26.1 Å². The number of rotatable bonds is 5. The molecular formula is C20H20N2O3S. The van der Waals surface area contributed by atoms with E-state index in [0.29, 0.717) is 16.8 Å². The normalized spacial score (nSPS) is 10.6. The van der Waals surface area contributed by atoms with E-state index in [1.807, 2.05) is 26.0 Å². The Bertz CT molecular complexity index is 925. The molecule has 1 aromatic carbocycles. The second kappa shape index (κ2) is 7.58. The van der Waals surface area contributed by atoms with Crippen molar-refractivity contribution in [1.82, 2.24) is 4.57 Å². The first-order valence-electron chi connectivity index (χ1n) is 8.18. The van der Waals surface area contributed by atoms with Crippen LogP contribution in [-0.2, 0) is 11.3 Å². The molecular weight excluding hydrogens is 348 g/mol. The molecule has 0 atom stereocenters. The summed E-state index contributed by atoms with van der Waals surface area (Å²) in [6.45, 7) is 4.72. The number of aromatic nitrogens is 1. The van der Waals surface area contributed by atoms with Gasteiger partial charge in [-0.05, 0) is 55.6 Å². The number of aryl methyl sites for hydroxylation is 1. The summed E-state index contributed by atoms with van der Waals surface area (Å²) in [5.41, 5.74) is 3.70. The quantitative estimate of drug-likeness (QED) is 0.685. The highest BCUT2D eigenvalue weighted by molar-refractivity contribution is 7.09. The number of carbonyl (C=O) groups excluding carboxylic acids is 2. The predicted molar refractivity (Wildman–Crippen MR) is 103 cm³/mol. The maximum Gasteiger partial charge on any atom is 0.337 e. The van der Waals surface area contributed by atoms with Crippen LogP contribution in [0, 0.1) is 13.8 Å². The smallest absolute Gasteiger partial charge is 0.337 e. The first-order valence-corrected chi connectivity index (χ1v) is 9.06. The summed E-state index contributed by atoms with van der Waals surface area (Å²) in [4.78, 5) is 25.4. The summed E-state index contributed by atoms with van der Waals surface area (Å²) >= 11 is 1.70. The zero-order valence-corrected chi connectivity index (χ0v) is 15.7. The van der Waals surface area contributed by atoms with Crippen LogP contribution in [0.2, 0.25) is 0 Å². The maximum atomic E-state index is 12.7. The summed E-state index contributed by atoms with van der Waals surface area (Å²) in [7, 11) is 1.34. The monoisotopic (exact) mass is 368 g/mol. The molecule has 1 N–H and O–H groups in total. The number of hydrogen-bond donors (Lipinski definition) is 1. The number of nitrogens with one attached hydrogen (secondary N) is 1. The average Bonchev–Trinajstić information content (AvgIpc) is 3.25. The number of esters is 1. The topological polar surface area (TPSA) is 60.3 Å². The predicted octanol–water partition coefficient (Wildman–Crippen LogP) is 4.25. The minimum Gasteiger partial charge on any atom is -0.465 e. The Morgan fingerprint density at radius 2 is 1.88 bits per heavy atom. The Kier molecular flexibility index (Phi) is 5.23. The summed E-state index contributed by atoms with van der Waals surface area (Å²) in [5, 5.41) is 4.93. The van der Waals surface area contributed by atoms with Gasteiger partial charge in [-0.25, -0.2) is 4.79 Å². The van der Waals surface area contributed by atoms with Crippen molar-refractivity contribution in [1.29, 1.82) is 0 Å². The van der Waals surface area contributed by atoms with Gasteiger partial charge in [-0.1, -0.05) is 6.07 Å². The minimum atomic E-state index is -0.403. The number of nitrogens with zero attached hydrogens (tertiary/aromatic N) is 1. The number of thiophene rings is 1. The van der Waals surface area contributed by atoms with Crippen molar-refractivity contribution < 1.29 is 14.3 Å². The molecule has 0 unspecified atom stereocenters. The molecule has 0 aliphatic heterocycles. The number of hydrogen-bond acceptors (Lipinski definition) is 4. The van der Waals surface area contributed by atoms with Crippen molar-refractivity contribution in [3.63, 3.8) is 0 Å². The molecule has 0 fully saturated rings. The minimum absolute atomic E-state index is 0.165. The van der Waals surface area contributed by atoms with E-state index in [1.165, 1.54) is 12.0 Å². The molecule has 26 heavy (non-hydrogen) atoms. The van der Waals surface area contributed by atoms with Gasteiger partial charge < -0.3 is 14.6 Å². The van der Waals surface area contributed by atoms with Gasteiger partial charge in [-0.2, -0.15) is 0 Å². The highest BCUT2D eigenvalue weighted by Gasteiger charge is 2.16. The molecule has 3 rings (SSSR count). The highest BCUT2D eigenvalue weighted by atomic mass is 32.1. The van der Waals surface area contributed by atoms with Crippen molar-refractivity contribution in [3.8, 4) is 0 Å². The number of anilines is 1. The molecule has 0 saturated carbocycles. The summed E-state index contributed by atoms with van der Waals surface area (Å²) in [5.74, 6) is -0.568. The van der Waals surface area contributed by atoms with Crippen molar-refractivity contribution in [3.05, 3.63) is 75.2 Å². The average molecular weight is 368 g/mol. The fraction of sp³-hybridized carbons (Fsp3) is 0.200. The van der Waals surface area contributed by atoms with E-state index in [1.54, 1.807) is 35.6 Å². The molecule has 6 heteroatoms. The van der Waals surface area contributed by atoms with Crippen LogP contribution in [0.1, 0.15) is 37.0 Å². The molecule has 0 saturated heterocycles. The maximum absolute atomic E-state index is 12.7. The molecule has 0 aliphatic carbocycles. The Balaban J connectivity index is 1.77. The molecule has 0 spiro atoms. The van der Waals surface area contributed by atoms with Crippen molar-refractivity contribution in [2.75, 3.05) is 12.4 Å². The summed E-state index contributed by atoms with van der Waals surface area (Å²) in [6.07, 6.45) is 0. The third-order valence-electron chi connectivity index (χ3n) is 4.28. The van der Waals surface area contributed by atoms with Crippen LogP contribution in [0.25, 0.3) is 0 Å². The van der Waals surface area contributed by atoms with Gasteiger partial charge in [0, 0.05) is 22.0 Å². The third kappa shape index (κ3) is 3.70. The first-order chi connectivity index (χ1) is 12.5. The van der Waals surface area contributed by atoms with Crippen LogP contribution in [0.5, 0.6) is 0 Å². The van der Waals surface area contributed by atoms with Crippen LogP contribution in [0.15, 0.2) is 47.8 Å². The lowest BCUT2D eigenvalue weighted by Crippen LogP contribution is -2.13. The highest BCUT2D eigenvalue weighted by Crippen LogP contribution is 2.20. The fourth-order valence-corrected chi connectivity index (χ4v) is 3.53. The zero-order chi connectivity index (χ0) is 18.7. The Morgan fingerprint density at radius 1 is 1.15 bits per heavy atom. The molecule has 0 radical (unpaired) electrons. The van der Waals surface area contributed by atoms with Crippen LogP contribution in [0.3, 0.4) is 0 Å². The molecule has 1 amide bonds. The van der Waals surface area contributed by atoms with E-state index < -0.39 is 5.97 Å². The van der Waals surface area contributed by atoms with Gasteiger partial charge in [-0.3, -0.25) is 4.79 Å². The fourth-order valence-electron chi connectivity index (χ4n) is 2.84. The van der Waals surface area contributed by atoms with Gasteiger partial charge >= 0.3 is 5.97 Å². The lowest BCUT2D eigenvalue weighted by molar-refractivity contribution is 0.0600. The largest absolute Gasteiger partial charge is 0.465 e. The zero-order valence-electron chi connectivity index (χ0n) is 14.9. The van der Waals surface area contributed by atoms with Crippen molar-refractivity contribution in [2.24, 2.45) is 0 Å². The Hall–Kier alpha value is -2.86. The third-order valence-corrected chi connectivity index (χ3v) is 5.14. The second-order valence-electron chi connectivity index (χ2n) is 5.97. The van der Waals surface area contributed by atoms with E-state index in [0.717, 1.165) is 17.9 Å². The number of methoxy groups -OCH3 is 1. The molecule has 0 aliphatic rings. The number of carbonyl (C=O) groups is 2. The Labute approximate surface area is 156 Å². The van der Waals surface area contributed by atoms with Gasteiger partial charge in [0.2, 0.25) is 0 Å². The SMILES string of the molecule is COC(=O)c1ccc(NC(=O)c2cc(C)n(Cc3cccs3)c2C)cc1. The van der Waals surface area contributed by atoms with Crippen LogP contribution in [-0.4, -0.2) is 23.6 Å². The second-order valence-corrected chi connectivity index (χ2v) is 7.01. The van der Waals surface area contributed by atoms with Crippen LogP contribution >= 0.6 is 11.3 Å². The van der Waals surface area contributed by atoms with Gasteiger partial charge in [0.25, 0.3) is 5.91 Å². The molecule has 0 bridgehead atoms. The van der Waals surface area contributed by atoms with Gasteiger partial charge in [-0.15, -0.1) is 11.3 Å². The van der Waals surface area contributed by atoms with E-state index in [4.69, 9.17) is 0 Å². The number of benzene rings is 1. The standard InChI is InChI=1S/C20H20N2O3S/c1-13-11-18(14(2)22(13)12-17-5-4-10-26-17)19(23)21-16-8-6-15(7-9-16)20(24)25-3/h4-11H,12H2,1-3H3,(H,21,23). The van der Waals surface area contributed by atoms with Crippen molar-refractivity contribution in [2.45, 2.75) is 20.4 Å². The van der Waals surface area contributed by atoms with E-state index >= 15 is 0 Å².